The second-order valence-electron chi connectivity index (χ2n) is 4.33. The summed E-state index contributed by atoms with van der Waals surface area (Å²) in [6, 6.07) is 7.58. The zero-order valence-corrected chi connectivity index (χ0v) is 13.1. The standard InChI is InChI=1S/C14H20BrNO3/c1-4-11(2)19-14(17)16(3)9-10-18-13-7-5-12(15)6-8-13/h5-8,11H,4,9-10H2,1-3H3. The summed E-state index contributed by atoms with van der Waals surface area (Å²) in [5.74, 6) is 0.784. The van der Waals surface area contributed by atoms with E-state index in [1.807, 2.05) is 38.1 Å². The van der Waals surface area contributed by atoms with Crippen molar-refractivity contribution < 1.29 is 14.3 Å². The summed E-state index contributed by atoms with van der Waals surface area (Å²) in [5.41, 5.74) is 0. The molecule has 0 bridgehead atoms. The molecule has 106 valence electrons. The lowest BCUT2D eigenvalue weighted by atomic mass is 10.3. The summed E-state index contributed by atoms with van der Waals surface area (Å²) < 4.78 is 11.8. The van der Waals surface area contributed by atoms with Crippen LogP contribution in [0.5, 0.6) is 5.75 Å². The molecular formula is C14H20BrNO3. The van der Waals surface area contributed by atoms with E-state index in [1.165, 1.54) is 4.90 Å². The number of nitrogens with zero attached hydrogens (tertiary/aromatic N) is 1. The van der Waals surface area contributed by atoms with Crippen LogP contribution in [0.3, 0.4) is 0 Å². The number of halogens is 1. The molecule has 0 saturated carbocycles. The quantitative estimate of drug-likeness (QED) is 0.798. The number of carbonyl (C=O) groups excluding carboxylic acids is 1. The Morgan fingerprint density at radius 1 is 1.37 bits per heavy atom. The fraction of sp³-hybridized carbons (Fsp3) is 0.500. The molecule has 0 fully saturated rings. The van der Waals surface area contributed by atoms with E-state index in [0.717, 1.165) is 16.6 Å². The highest BCUT2D eigenvalue weighted by molar-refractivity contribution is 9.10. The van der Waals surface area contributed by atoms with Crippen LogP contribution in [-0.2, 0) is 4.74 Å². The topological polar surface area (TPSA) is 38.8 Å². The van der Waals surface area contributed by atoms with E-state index in [-0.39, 0.29) is 12.2 Å². The number of hydrogen-bond acceptors (Lipinski definition) is 3. The predicted octanol–water partition coefficient (Wildman–Crippen LogP) is 3.69. The number of carbonyl (C=O) groups is 1. The van der Waals surface area contributed by atoms with Gasteiger partial charge in [0, 0.05) is 11.5 Å². The normalized spacial score (nSPS) is 11.8. The molecule has 0 aliphatic rings. The van der Waals surface area contributed by atoms with E-state index in [9.17, 15) is 4.79 Å². The molecule has 1 unspecified atom stereocenters. The van der Waals surface area contributed by atoms with Crippen molar-refractivity contribution in [2.24, 2.45) is 0 Å². The molecule has 0 heterocycles. The maximum absolute atomic E-state index is 11.6. The van der Waals surface area contributed by atoms with E-state index in [2.05, 4.69) is 15.9 Å². The van der Waals surface area contributed by atoms with Crippen LogP contribution in [-0.4, -0.2) is 37.3 Å². The SMILES string of the molecule is CCC(C)OC(=O)N(C)CCOc1ccc(Br)cc1. The number of ether oxygens (including phenoxy) is 2. The van der Waals surface area contributed by atoms with Crippen molar-refractivity contribution in [1.82, 2.24) is 4.90 Å². The first-order chi connectivity index (χ1) is 9.02. The second kappa shape index (κ2) is 8.04. The molecule has 0 aliphatic carbocycles. The van der Waals surface area contributed by atoms with Crippen molar-refractivity contribution in [1.29, 1.82) is 0 Å². The van der Waals surface area contributed by atoms with Gasteiger partial charge in [-0.25, -0.2) is 4.79 Å². The lowest BCUT2D eigenvalue weighted by molar-refractivity contribution is 0.0716. The zero-order valence-electron chi connectivity index (χ0n) is 11.6. The fourth-order valence-electron chi connectivity index (χ4n) is 1.27. The van der Waals surface area contributed by atoms with Crippen molar-refractivity contribution >= 4 is 22.0 Å². The molecule has 1 aromatic rings. The minimum absolute atomic E-state index is 0.0534. The molecule has 0 saturated heterocycles. The van der Waals surface area contributed by atoms with Crippen LogP contribution >= 0.6 is 15.9 Å². The average molecular weight is 330 g/mol. The minimum atomic E-state index is -0.311. The Labute approximate surface area is 122 Å². The highest BCUT2D eigenvalue weighted by Gasteiger charge is 2.12. The van der Waals surface area contributed by atoms with Gasteiger partial charge in [0.15, 0.2) is 0 Å². The number of amides is 1. The zero-order chi connectivity index (χ0) is 14.3. The Bertz CT molecular complexity index is 394. The van der Waals surface area contributed by atoms with E-state index in [4.69, 9.17) is 9.47 Å². The maximum Gasteiger partial charge on any atom is 0.409 e. The molecule has 0 spiro atoms. The van der Waals surface area contributed by atoms with Crippen molar-refractivity contribution in [2.75, 3.05) is 20.2 Å². The predicted molar refractivity (Wildman–Crippen MR) is 78.5 cm³/mol. The Kier molecular flexibility index (Phi) is 6.70. The van der Waals surface area contributed by atoms with Crippen LogP contribution in [0.1, 0.15) is 20.3 Å². The van der Waals surface area contributed by atoms with Crippen LogP contribution in [0, 0.1) is 0 Å². The third-order valence-electron chi connectivity index (χ3n) is 2.70. The molecule has 0 aliphatic heterocycles. The third-order valence-corrected chi connectivity index (χ3v) is 3.23. The van der Waals surface area contributed by atoms with E-state index >= 15 is 0 Å². The first-order valence-corrected chi connectivity index (χ1v) is 7.12. The van der Waals surface area contributed by atoms with E-state index < -0.39 is 0 Å². The summed E-state index contributed by atoms with van der Waals surface area (Å²) in [6.07, 6.45) is 0.450. The highest BCUT2D eigenvalue weighted by Crippen LogP contribution is 2.15. The van der Waals surface area contributed by atoms with Crippen LogP contribution < -0.4 is 4.74 Å². The van der Waals surface area contributed by atoms with Gasteiger partial charge in [-0.05, 0) is 37.6 Å². The lowest BCUT2D eigenvalue weighted by Gasteiger charge is -2.19. The van der Waals surface area contributed by atoms with Crippen molar-refractivity contribution in [3.05, 3.63) is 28.7 Å². The molecule has 1 amide bonds. The molecule has 0 aromatic heterocycles. The third kappa shape index (κ3) is 5.96. The maximum atomic E-state index is 11.6. The second-order valence-corrected chi connectivity index (χ2v) is 5.24. The Morgan fingerprint density at radius 2 is 2.00 bits per heavy atom. The van der Waals surface area contributed by atoms with Gasteiger partial charge in [-0.15, -0.1) is 0 Å². The molecule has 0 N–H and O–H groups in total. The number of rotatable bonds is 6. The molecular weight excluding hydrogens is 310 g/mol. The number of hydrogen-bond donors (Lipinski definition) is 0. The van der Waals surface area contributed by atoms with Gasteiger partial charge in [0.25, 0.3) is 0 Å². The number of likely N-dealkylation sites (N-methyl/N-ethyl adjacent to an activating group) is 1. The van der Waals surface area contributed by atoms with Crippen molar-refractivity contribution in [3.63, 3.8) is 0 Å². The lowest BCUT2D eigenvalue weighted by Crippen LogP contribution is -2.33. The van der Waals surface area contributed by atoms with Crippen LogP contribution in [0.15, 0.2) is 28.7 Å². The van der Waals surface area contributed by atoms with Gasteiger partial charge in [-0.2, -0.15) is 0 Å². The monoisotopic (exact) mass is 329 g/mol. The largest absolute Gasteiger partial charge is 0.492 e. The van der Waals surface area contributed by atoms with Crippen LogP contribution in [0.2, 0.25) is 0 Å². The van der Waals surface area contributed by atoms with E-state index in [1.54, 1.807) is 7.05 Å². The van der Waals surface area contributed by atoms with Gasteiger partial charge in [-0.3, -0.25) is 0 Å². The van der Waals surface area contributed by atoms with Gasteiger partial charge >= 0.3 is 6.09 Å². The van der Waals surface area contributed by atoms with Crippen molar-refractivity contribution in [2.45, 2.75) is 26.4 Å². The first-order valence-electron chi connectivity index (χ1n) is 6.33. The van der Waals surface area contributed by atoms with E-state index in [0.29, 0.717) is 13.2 Å². The molecule has 1 rings (SSSR count). The first kappa shape index (κ1) is 15.8. The Balaban J connectivity index is 2.28. The van der Waals surface area contributed by atoms with Gasteiger partial charge in [0.05, 0.1) is 6.54 Å². The number of benzene rings is 1. The van der Waals surface area contributed by atoms with Crippen molar-refractivity contribution in [3.8, 4) is 5.75 Å². The van der Waals surface area contributed by atoms with Crippen LogP contribution in [0.25, 0.3) is 0 Å². The smallest absolute Gasteiger partial charge is 0.409 e. The fourth-order valence-corrected chi connectivity index (χ4v) is 1.53. The van der Waals surface area contributed by atoms with Crippen LogP contribution in [0.4, 0.5) is 4.79 Å². The molecule has 19 heavy (non-hydrogen) atoms. The Morgan fingerprint density at radius 3 is 2.58 bits per heavy atom. The van der Waals surface area contributed by atoms with Gasteiger partial charge < -0.3 is 14.4 Å². The molecule has 5 heteroatoms. The summed E-state index contributed by atoms with van der Waals surface area (Å²) in [6.45, 7) is 4.79. The Hall–Kier alpha value is -1.23. The molecule has 1 aromatic carbocycles. The molecule has 1 atom stereocenters. The summed E-state index contributed by atoms with van der Waals surface area (Å²) in [7, 11) is 1.70. The highest BCUT2D eigenvalue weighted by atomic mass is 79.9. The minimum Gasteiger partial charge on any atom is -0.492 e. The average Bonchev–Trinajstić information content (AvgIpc) is 2.40. The van der Waals surface area contributed by atoms with Gasteiger partial charge in [-0.1, -0.05) is 22.9 Å². The van der Waals surface area contributed by atoms with Gasteiger partial charge in [0.1, 0.15) is 18.5 Å². The summed E-state index contributed by atoms with van der Waals surface area (Å²) in [4.78, 5) is 13.2. The molecule has 0 radical (unpaired) electrons. The van der Waals surface area contributed by atoms with Gasteiger partial charge in [0.2, 0.25) is 0 Å². The summed E-state index contributed by atoms with van der Waals surface area (Å²) in [5, 5.41) is 0. The molecule has 4 nitrogen and oxygen atoms in total. The summed E-state index contributed by atoms with van der Waals surface area (Å²) >= 11 is 3.36.